The average molecular weight is 314 g/mol. The lowest BCUT2D eigenvalue weighted by atomic mass is 10.2. The summed E-state index contributed by atoms with van der Waals surface area (Å²) in [6.45, 7) is 7.33. The van der Waals surface area contributed by atoms with Gasteiger partial charge in [-0.15, -0.1) is 0 Å². The Morgan fingerprint density at radius 3 is 2.52 bits per heavy atom. The van der Waals surface area contributed by atoms with Crippen molar-refractivity contribution in [3.63, 3.8) is 0 Å². The highest BCUT2D eigenvalue weighted by Gasteiger charge is 2.15. The molecule has 1 aromatic heterocycles. The maximum Gasteiger partial charge on any atom is 0.273 e. The van der Waals surface area contributed by atoms with Crippen LogP contribution in [-0.2, 0) is 4.74 Å². The number of nitrogens with one attached hydrogen (secondary N) is 1. The Kier molecular flexibility index (Phi) is 4.62. The van der Waals surface area contributed by atoms with Crippen molar-refractivity contribution >= 4 is 17.3 Å². The van der Waals surface area contributed by atoms with E-state index in [-0.39, 0.29) is 11.9 Å². The molecule has 1 N–H and O–H groups in total. The molecule has 1 amide bonds. The van der Waals surface area contributed by atoms with Gasteiger partial charge >= 0.3 is 0 Å². The molecule has 2 heterocycles. The Morgan fingerprint density at radius 2 is 1.87 bits per heavy atom. The molecule has 0 saturated carbocycles. The molecule has 0 aliphatic carbocycles. The molecule has 0 atom stereocenters. The van der Waals surface area contributed by atoms with Gasteiger partial charge in [-0.2, -0.15) is 5.10 Å². The highest BCUT2D eigenvalue weighted by atomic mass is 16.5. The van der Waals surface area contributed by atoms with E-state index in [1.54, 1.807) is 16.9 Å². The Bertz CT molecular complexity index is 657. The minimum atomic E-state index is -0.143. The Morgan fingerprint density at radius 1 is 1.17 bits per heavy atom. The molecule has 2 aromatic rings. The van der Waals surface area contributed by atoms with E-state index in [0.717, 1.165) is 37.7 Å². The molecular formula is C17H22N4O2. The number of nitrogens with zero attached hydrogens (tertiary/aromatic N) is 3. The van der Waals surface area contributed by atoms with Gasteiger partial charge in [-0.3, -0.25) is 9.48 Å². The van der Waals surface area contributed by atoms with Crippen LogP contribution in [0.2, 0.25) is 0 Å². The van der Waals surface area contributed by atoms with Gasteiger partial charge in [0.25, 0.3) is 5.91 Å². The predicted octanol–water partition coefficient (Wildman–Crippen LogP) is 2.55. The van der Waals surface area contributed by atoms with Crippen molar-refractivity contribution in [1.82, 2.24) is 9.78 Å². The predicted molar refractivity (Wildman–Crippen MR) is 90.0 cm³/mol. The number of benzene rings is 1. The van der Waals surface area contributed by atoms with Crippen molar-refractivity contribution in [2.75, 3.05) is 36.5 Å². The molecule has 6 heteroatoms. The van der Waals surface area contributed by atoms with E-state index in [1.807, 2.05) is 38.1 Å². The normalized spacial score (nSPS) is 15.0. The second kappa shape index (κ2) is 6.83. The van der Waals surface area contributed by atoms with E-state index in [2.05, 4.69) is 15.3 Å². The zero-order valence-corrected chi connectivity index (χ0v) is 13.5. The maximum atomic E-state index is 12.4. The number of hydrogen-bond donors (Lipinski definition) is 1. The number of amides is 1. The number of hydrogen-bond acceptors (Lipinski definition) is 4. The minimum absolute atomic E-state index is 0.143. The van der Waals surface area contributed by atoms with Gasteiger partial charge in [-0.25, -0.2) is 0 Å². The summed E-state index contributed by atoms with van der Waals surface area (Å²) in [6, 6.07) is 9.80. The van der Waals surface area contributed by atoms with Crippen LogP contribution in [0.5, 0.6) is 0 Å². The maximum absolute atomic E-state index is 12.4. The standard InChI is InChI=1S/C17H22N4O2/c1-13(2)21-16(7-8-18-21)17(22)19-14-3-5-15(6-4-14)20-9-11-23-12-10-20/h3-8,13H,9-12H2,1-2H3,(H,19,22). The topological polar surface area (TPSA) is 59.4 Å². The monoisotopic (exact) mass is 314 g/mol. The Labute approximate surface area is 136 Å². The van der Waals surface area contributed by atoms with Gasteiger partial charge in [-0.1, -0.05) is 0 Å². The molecule has 6 nitrogen and oxygen atoms in total. The fourth-order valence-electron chi connectivity index (χ4n) is 2.68. The van der Waals surface area contributed by atoms with Crippen molar-refractivity contribution in [2.45, 2.75) is 19.9 Å². The van der Waals surface area contributed by atoms with Crippen molar-refractivity contribution in [1.29, 1.82) is 0 Å². The molecular weight excluding hydrogens is 292 g/mol. The Hall–Kier alpha value is -2.34. The van der Waals surface area contributed by atoms with E-state index in [0.29, 0.717) is 5.69 Å². The first-order valence-corrected chi connectivity index (χ1v) is 7.93. The van der Waals surface area contributed by atoms with Crippen molar-refractivity contribution in [3.8, 4) is 0 Å². The molecule has 0 spiro atoms. The van der Waals surface area contributed by atoms with Crippen LogP contribution in [0.15, 0.2) is 36.5 Å². The molecule has 122 valence electrons. The molecule has 23 heavy (non-hydrogen) atoms. The van der Waals surface area contributed by atoms with E-state index >= 15 is 0 Å². The summed E-state index contributed by atoms with van der Waals surface area (Å²) in [7, 11) is 0. The molecule has 1 aliphatic heterocycles. The summed E-state index contributed by atoms with van der Waals surface area (Å²) < 4.78 is 7.08. The van der Waals surface area contributed by atoms with Gasteiger partial charge in [-0.05, 0) is 44.2 Å². The SMILES string of the molecule is CC(C)n1nccc1C(=O)Nc1ccc(N2CCOCC2)cc1. The third-order valence-corrected chi connectivity index (χ3v) is 3.89. The van der Waals surface area contributed by atoms with E-state index in [9.17, 15) is 4.79 Å². The van der Waals surface area contributed by atoms with Crippen LogP contribution >= 0.6 is 0 Å². The van der Waals surface area contributed by atoms with Crippen LogP contribution in [-0.4, -0.2) is 42.0 Å². The number of aromatic nitrogens is 2. The molecule has 0 bridgehead atoms. The van der Waals surface area contributed by atoms with Gasteiger partial charge in [0.2, 0.25) is 0 Å². The highest BCUT2D eigenvalue weighted by Crippen LogP contribution is 2.19. The van der Waals surface area contributed by atoms with Crippen molar-refractivity contribution in [3.05, 3.63) is 42.2 Å². The number of carbonyl (C=O) groups excluding carboxylic acids is 1. The molecule has 0 radical (unpaired) electrons. The van der Waals surface area contributed by atoms with Gasteiger partial charge in [0.05, 0.1) is 13.2 Å². The molecule has 1 fully saturated rings. The second-order valence-corrected chi connectivity index (χ2v) is 5.86. The lowest BCUT2D eigenvalue weighted by Crippen LogP contribution is -2.36. The highest BCUT2D eigenvalue weighted by molar-refractivity contribution is 6.03. The van der Waals surface area contributed by atoms with Gasteiger partial charge in [0.15, 0.2) is 0 Å². The number of anilines is 2. The summed E-state index contributed by atoms with van der Waals surface area (Å²) in [4.78, 5) is 14.7. The number of morpholine rings is 1. The van der Waals surface area contributed by atoms with Crippen LogP contribution in [0, 0.1) is 0 Å². The summed E-state index contributed by atoms with van der Waals surface area (Å²) in [5.41, 5.74) is 2.50. The van der Waals surface area contributed by atoms with Crippen molar-refractivity contribution < 1.29 is 9.53 Å². The summed E-state index contributed by atoms with van der Waals surface area (Å²) in [6.07, 6.45) is 1.65. The third-order valence-electron chi connectivity index (χ3n) is 3.89. The first kappa shape index (κ1) is 15.6. The first-order chi connectivity index (χ1) is 11.1. The van der Waals surface area contributed by atoms with E-state index < -0.39 is 0 Å². The van der Waals surface area contributed by atoms with Gasteiger partial charge in [0, 0.05) is 36.7 Å². The fraction of sp³-hybridized carbons (Fsp3) is 0.412. The van der Waals surface area contributed by atoms with Gasteiger partial charge in [0.1, 0.15) is 5.69 Å². The molecule has 1 aliphatic rings. The average Bonchev–Trinajstić information content (AvgIpc) is 3.06. The largest absolute Gasteiger partial charge is 0.378 e. The van der Waals surface area contributed by atoms with Crippen molar-refractivity contribution in [2.24, 2.45) is 0 Å². The lowest BCUT2D eigenvalue weighted by molar-refractivity contribution is 0.101. The summed E-state index contributed by atoms with van der Waals surface area (Å²) in [5, 5.41) is 7.12. The summed E-state index contributed by atoms with van der Waals surface area (Å²) in [5.74, 6) is -0.143. The molecule has 0 unspecified atom stereocenters. The van der Waals surface area contributed by atoms with E-state index in [4.69, 9.17) is 4.74 Å². The quantitative estimate of drug-likeness (QED) is 0.942. The Balaban J connectivity index is 1.68. The zero-order chi connectivity index (χ0) is 16.2. The number of ether oxygens (including phenoxy) is 1. The van der Waals surface area contributed by atoms with Crippen LogP contribution in [0.25, 0.3) is 0 Å². The zero-order valence-electron chi connectivity index (χ0n) is 13.5. The van der Waals surface area contributed by atoms with Crippen LogP contribution < -0.4 is 10.2 Å². The number of rotatable bonds is 4. The smallest absolute Gasteiger partial charge is 0.273 e. The first-order valence-electron chi connectivity index (χ1n) is 7.93. The summed E-state index contributed by atoms with van der Waals surface area (Å²) >= 11 is 0. The number of carbonyl (C=O) groups is 1. The van der Waals surface area contributed by atoms with Crippen LogP contribution in [0.1, 0.15) is 30.4 Å². The fourth-order valence-corrected chi connectivity index (χ4v) is 2.68. The third kappa shape index (κ3) is 3.53. The molecule has 1 aromatic carbocycles. The minimum Gasteiger partial charge on any atom is -0.378 e. The van der Waals surface area contributed by atoms with Crippen LogP contribution in [0.4, 0.5) is 11.4 Å². The van der Waals surface area contributed by atoms with Gasteiger partial charge < -0.3 is 15.0 Å². The second-order valence-electron chi connectivity index (χ2n) is 5.86. The molecule has 1 saturated heterocycles. The lowest BCUT2D eigenvalue weighted by Gasteiger charge is -2.28. The van der Waals surface area contributed by atoms with Crippen LogP contribution in [0.3, 0.4) is 0 Å². The molecule has 3 rings (SSSR count). The van der Waals surface area contributed by atoms with E-state index in [1.165, 1.54) is 0 Å².